The van der Waals surface area contributed by atoms with Crippen molar-refractivity contribution < 1.29 is 4.52 Å². The largest absolute Gasteiger partial charge is 0.337 e. The van der Waals surface area contributed by atoms with Crippen LogP contribution in [0.25, 0.3) is 11.6 Å². The van der Waals surface area contributed by atoms with Crippen molar-refractivity contribution in [2.45, 2.75) is 19.9 Å². The lowest BCUT2D eigenvalue weighted by Gasteiger charge is -2.08. The van der Waals surface area contributed by atoms with Crippen LogP contribution in [0.15, 0.2) is 23.0 Å². The number of hydrogen-bond acceptors (Lipinski definition) is 6. The summed E-state index contributed by atoms with van der Waals surface area (Å²) in [6, 6.07) is 1.47. The SMILES string of the molecule is CC(C)[C@@H](N)c1nc(-c2ncccn2)no1. The van der Waals surface area contributed by atoms with E-state index in [0.29, 0.717) is 17.5 Å². The molecule has 0 bridgehead atoms. The van der Waals surface area contributed by atoms with E-state index in [-0.39, 0.29) is 12.0 Å². The maximum Gasteiger partial charge on any atom is 0.244 e. The van der Waals surface area contributed by atoms with Crippen molar-refractivity contribution in [2.24, 2.45) is 11.7 Å². The highest BCUT2D eigenvalue weighted by Crippen LogP contribution is 2.19. The minimum absolute atomic E-state index is 0.241. The maximum absolute atomic E-state index is 5.89. The van der Waals surface area contributed by atoms with Crippen LogP contribution < -0.4 is 5.73 Å². The summed E-state index contributed by atoms with van der Waals surface area (Å²) in [5.74, 6) is 1.46. The number of rotatable bonds is 3. The average molecular weight is 219 g/mol. The molecule has 6 nitrogen and oxygen atoms in total. The van der Waals surface area contributed by atoms with Gasteiger partial charge in [-0.25, -0.2) is 9.97 Å². The van der Waals surface area contributed by atoms with Crippen molar-refractivity contribution in [3.63, 3.8) is 0 Å². The Morgan fingerprint density at radius 3 is 2.50 bits per heavy atom. The second kappa shape index (κ2) is 4.36. The third-order valence-electron chi connectivity index (χ3n) is 2.21. The van der Waals surface area contributed by atoms with Crippen LogP contribution in [0.2, 0.25) is 0 Å². The molecule has 0 saturated carbocycles. The van der Waals surface area contributed by atoms with Gasteiger partial charge < -0.3 is 10.3 Å². The Morgan fingerprint density at radius 2 is 1.88 bits per heavy atom. The van der Waals surface area contributed by atoms with Crippen LogP contribution in [-0.4, -0.2) is 20.1 Å². The molecule has 16 heavy (non-hydrogen) atoms. The van der Waals surface area contributed by atoms with Crippen molar-refractivity contribution in [2.75, 3.05) is 0 Å². The third-order valence-corrected chi connectivity index (χ3v) is 2.21. The first kappa shape index (κ1) is 10.7. The second-order valence-corrected chi connectivity index (χ2v) is 3.80. The van der Waals surface area contributed by atoms with Gasteiger partial charge in [-0.2, -0.15) is 4.98 Å². The summed E-state index contributed by atoms with van der Waals surface area (Å²) in [6.45, 7) is 3.99. The standard InChI is InChI=1S/C10H13N5O/c1-6(2)7(11)10-14-9(15-16-10)8-12-4-3-5-13-8/h3-7H,11H2,1-2H3/t7-/m1/s1. The maximum atomic E-state index is 5.89. The lowest BCUT2D eigenvalue weighted by atomic mass is 10.1. The summed E-state index contributed by atoms with van der Waals surface area (Å²) in [5.41, 5.74) is 5.89. The quantitative estimate of drug-likeness (QED) is 0.833. The highest BCUT2D eigenvalue weighted by Gasteiger charge is 2.19. The first-order valence-electron chi connectivity index (χ1n) is 5.05. The second-order valence-electron chi connectivity index (χ2n) is 3.80. The Balaban J connectivity index is 2.27. The number of nitrogens with zero attached hydrogens (tertiary/aromatic N) is 4. The average Bonchev–Trinajstić information content (AvgIpc) is 2.78. The van der Waals surface area contributed by atoms with Gasteiger partial charge in [-0.1, -0.05) is 19.0 Å². The van der Waals surface area contributed by atoms with Crippen LogP contribution in [-0.2, 0) is 0 Å². The third kappa shape index (κ3) is 2.06. The van der Waals surface area contributed by atoms with E-state index in [9.17, 15) is 0 Å². The molecule has 6 heteroatoms. The van der Waals surface area contributed by atoms with Gasteiger partial charge in [0, 0.05) is 12.4 Å². The molecule has 0 unspecified atom stereocenters. The lowest BCUT2D eigenvalue weighted by molar-refractivity contribution is 0.325. The molecule has 1 atom stereocenters. The molecule has 2 aromatic rings. The van der Waals surface area contributed by atoms with Crippen molar-refractivity contribution >= 4 is 0 Å². The van der Waals surface area contributed by atoms with Gasteiger partial charge in [0.1, 0.15) is 0 Å². The van der Waals surface area contributed by atoms with Gasteiger partial charge >= 0.3 is 0 Å². The van der Waals surface area contributed by atoms with E-state index < -0.39 is 0 Å². The van der Waals surface area contributed by atoms with Crippen LogP contribution in [0.1, 0.15) is 25.8 Å². The van der Waals surface area contributed by atoms with Gasteiger partial charge in [0.2, 0.25) is 17.5 Å². The molecule has 0 fully saturated rings. The van der Waals surface area contributed by atoms with E-state index in [1.165, 1.54) is 0 Å². The van der Waals surface area contributed by atoms with E-state index in [4.69, 9.17) is 10.3 Å². The molecule has 0 radical (unpaired) electrons. The van der Waals surface area contributed by atoms with E-state index >= 15 is 0 Å². The minimum Gasteiger partial charge on any atom is -0.337 e. The Labute approximate surface area is 92.9 Å². The molecule has 2 aromatic heterocycles. The van der Waals surface area contributed by atoms with Crippen molar-refractivity contribution in [3.05, 3.63) is 24.4 Å². The van der Waals surface area contributed by atoms with Gasteiger partial charge in [0.25, 0.3) is 0 Å². The molecule has 0 saturated heterocycles. The van der Waals surface area contributed by atoms with Gasteiger partial charge in [-0.3, -0.25) is 0 Å². The topological polar surface area (TPSA) is 90.7 Å². The first-order valence-corrected chi connectivity index (χ1v) is 5.05. The molecular formula is C10H13N5O. The summed E-state index contributed by atoms with van der Waals surface area (Å²) in [5, 5.41) is 3.80. The summed E-state index contributed by atoms with van der Waals surface area (Å²) >= 11 is 0. The highest BCUT2D eigenvalue weighted by atomic mass is 16.5. The Bertz CT molecular complexity index is 453. The fourth-order valence-electron chi connectivity index (χ4n) is 1.16. The van der Waals surface area contributed by atoms with Crippen LogP contribution in [0.4, 0.5) is 0 Å². The Morgan fingerprint density at radius 1 is 1.19 bits per heavy atom. The molecule has 2 rings (SSSR count). The highest BCUT2D eigenvalue weighted by molar-refractivity contribution is 5.40. The number of hydrogen-bond donors (Lipinski definition) is 1. The van der Waals surface area contributed by atoms with Crippen LogP contribution in [0.5, 0.6) is 0 Å². The molecule has 0 aliphatic heterocycles. The lowest BCUT2D eigenvalue weighted by Crippen LogP contribution is -2.16. The molecular weight excluding hydrogens is 206 g/mol. The monoisotopic (exact) mass is 219 g/mol. The van der Waals surface area contributed by atoms with Crippen LogP contribution in [0, 0.1) is 5.92 Å². The zero-order chi connectivity index (χ0) is 11.5. The number of nitrogens with two attached hydrogens (primary N) is 1. The molecule has 0 aromatic carbocycles. The molecule has 0 aliphatic carbocycles. The summed E-state index contributed by atoms with van der Waals surface area (Å²) in [6.07, 6.45) is 3.25. The molecule has 0 amide bonds. The fraction of sp³-hybridized carbons (Fsp3) is 0.400. The normalized spacial score (nSPS) is 13.0. The van der Waals surface area contributed by atoms with Crippen LogP contribution in [0.3, 0.4) is 0 Å². The summed E-state index contributed by atoms with van der Waals surface area (Å²) in [4.78, 5) is 12.2. The zero-order valence-electron chi connectivity index (χ0n) is 9.16. The summed E-state index contributed by atoms with van der Waals surface area (Å²) in [7, 11) is 0. The van der Waals surface area contributed by atoms with Gasteiger partial charge in [0.15, 0.2) is 0 Å². The summed E-state index contributed by atoms with van der Waals surface area (Å²) < 4.78 is 5.08. The van der Waals surface area contributed by atoms with Crippen LogP contribution >= 0.6 is 0 Å². The van der Waals surface area contributed by atoms with E-state index in [2.05, 4.69) is 20.1 Å². The smallest absolute Gasteiger partial charge is 0.244 e. The predicted octanol–water partition coefficient (Wildman–Crippen LogP) is 1.18. The number of aromatic nitrogens is 4. The van der Waals surface area contributed by atoms with Gasteiger partial charge in [-0.15, -0.1) is 0 Å². The van der Waals surface area contributed by atoms with Gasteiger partial charge in [-0.05, 0) is 12.0 Å². The van der Waals surface area contributed by atoms with Crippen molar-refractivity contribution in [1.82, 2.24) is 20.1 Å². The first-order chi connectivity index (χ1) is 7.68. The minimum atomic E-state index is -0.259. The Hall–Kier alpha value is -1.82. The fourth-order valence-corrected chi connectivity index (χ4v) is 1.16. The molecule has 2 N–H and O–H groups in total. The van der Waals surface area contributed by atoms with E-state index in [1.54, 1.807) is 18.5 Å². The molecule has 84 valence electrons. The Kier molecular flexibility index (Phi) is 2.91. The van der Waals surface area contributed by atoms with E-state index in [1.807, 2.05) is 13.8 Å². The molecule has 0 spiro atoms. The zero-order valence-corrected chi connectivity index (χ0v) is 9.16. The van der Waals surface area contributed by atoms with Gasteiger partial charge in [0.05, 0.1) is 6.04 Å². The van der Waals surface area contributed by atoms with Crippen molar-refractivity contribution in [1.29, 1.82) is 0 Å². The van der Waals surface area contributed by atoms with Crippen molar-refractivity contribution in [3.8, 4) is 11.6 Å². The predicted molar refractivity (Wildman–Crippen MR) is 57.1 cm³/mol. The van der Waals surface area contributed by atoms with E-state index in [0.717, 1.165) is 0 Å². The molecule has 0 aliphatic rings. The molecule has 2 heterocycles.